The number of nitrogens with zero attached hydrogens (tertiary/aromatic N) is 4. The number of fused-ring (bicyclic) bond motifs is 1. The molecule has 1 fully saturated rings. The molecule has 1 aromatic carbocycles. The Morgan fingerprint density at radius 1 is 1.31 bits per heavy atom. The van der Waals surface area contributed by atoms with Crippen LogP contribution < -0.4 is 10.6 Å². The van der Waals surface area contributed by atoms with Crippen molar-refractivity contribution in [2.45, 2.75) is 38.8 Å². The van der Waals surface area contributed by atoms with Gasteiger partial charge in [0.25, 0.3) is 0 Å². The second-order valence-electron chi connectivity index (χ2n) is 8.52. The van der Waals surface area contributed by atoms with Crippen LogP contribution >= 0.6 is 0 Å². The first kappa shape index (κ1) is 19.5. The minimum Gasteiger partial charge on any atom is -0.369 e. The van der Waals surface area contributed by atoms with Crippen LogP contribution in [0.15, 0.2) is 54.4 Å². The van der Waals surface area contributed by atoms with Gasteiger partial charge in [0.05, 0.1) is 11.1 Å². The number of aromatic nitrogens is 1. The van der Waals surface area contributed by atoms with Crippen molar-refractivity contribution in [3.63, 3.8) is 0 Å². The Hall–Kier alpha value is -2.84. The zero-order valence-electron chi connectivity index (χ0n) is 17.3. The maximum Gasteiger partial charge on any atom is 0.101 e. The summed E-state index contributed by atoms with van der Waals surface area (Å²) in [5, 5.41) is 10.5. The lowest BCUT2D eigenvalue weighted by atomic mass is 9.93. The van der Waals surface area contributed by atoms with Crippen molar-refractivity contribution in [2.24, 2.45) is 11.7 Å². The summed E-state index contributed by atoms with van der Waals surface area (Å²) in [6, 6.07) is 11.0. The van der Waals surface area contributed by atoms with E-state index in [4.69, 9.17) is 5.73 Å². The largest absolute Gasteiger partial charge is 0.369 e. The zero-order valence-corrected chi connectivity index (χ0v) is 17.3. The molecule has 5 nitrogen and oxygen atoms in total. The van der Waals surface area contributed by atoms with Crippen LogP contribution in [0.1, 0.15) is 32.3 Å². The van der Waals surface area contributed by atoms with E-state index < -0.39 is 0 Å². The minimum atomic E-state index is 0.195. The molecule has 5 heteroatoms. The lowest BCUT2D eigenvalue weighted by molar-refractivity contribution is 0.229. The molecule has 0 saturated carbocycles. The summed E-state index contributed by atoms with van der Waals surface area (Å²) >= 11 is 0. The van der Waals surface area contributed by atoms with E-state index in [0.29, 0.717) is 17.5 Å². The first-order valence-corrected chi connectivity index (χ1v) is 10.5. The normalized spacial score (nSPS) is 23.0. The van der Waals surface area contributed by atoms with Crippen LogP contribution in [-0.2, 0) is 0 Å². The highest BCUT2D eigenvalue weighted by Gasteiger charge is 2.29. The number of piperidine rings is 1. The summed E-state index contributed by atoms with van der Waals surface area (Å²) in [4.78, 5) is 9.41. The summed E-state index contributed by atoms with van der Waals surface area (Å²) in [7, 11) is 0. The van der Waals surface area contributed by atoms with Crippen LogP contribution in [0.3, 0.4) is 0 Å². The molecule has 0 radical (unpaired) electrons. The average Bonchev–Trinajstić information content (AvgIpc) is 2.72. The first-order valence-electron chi connectivity index (χ1n) is 10.5. The standard InChI is InChI=1S/C24H29N5/c1-17-12-21(28-10-7-19(8-11-28)13-18(2)26)16-29(15-17)23-6-5-20(14-25)24-22(23)4-3-9-27-24/h3-10,17-18,21H,11-13,15-16,26H2,1-2H3/t17-,18-,21+/m0/s1. The first-order chi connectivity index (χ1) is 14.0. The molecule has 1 aromatic heterocycles. The third kappa shape index (κ3) is 4.13. The van der Waals surface area contributed by atoms with Gasteiger partial charge in [0.2, 0.25) is 0 Å². The second kappa shape index (κ2) is 8.26. The number of allylic oxidation sites excluding steroid dienone is 1. The van der Waals surface area contributed by atoms with Gasteiger partial charge < -0.3 is 15.5 Å². The molecule has 0 amide bonds. The predicted octanol–water partition coefficient (Wildman–Crippen LogP) is 3.81. The number of nitrogens with two attached hydrogens (primary N) is 1. The molecular weight excluding hydrogens is 358 g/mol. The smallest absolute Gasteiger partial charge is 0.101 e. The molecule has 0 spiro atoms. The van der Waals surface area contributed by atoms with Crippen LogP contribution in [0.2, 0.25) is 0 Å². The van der Waals surface area contributed by atoms with E-state index in [-0.39, 0.29) is 6.04 Å². The molecule has 0 aliphatic carbocycles. The van der Waals surface area contributed by atoms with E-state index in [2.05, 4.69) is 65.2 Å². The highest BCUT2D eigenvalue weighted by Crippen LogP contribution is 2.32. The van der Waals surface area contributed by atoms with Crippen molar-refractivity contribution >= 4 is 16.6 Å². The van der Waals surface area contributed by atoms with Gasteiger partial charge in [0.15, 0.2) is 0 Å². The van der Waals surface area contributed by atoms with Crippen molar-refractivity contribution in [3.8, 4) is 6.07 Å². The molecule has 2 aliphatic rings. The molecule has 3 heterocycles. The number of anilines is 1. The van der Waals surface area contributed by atoms with Gasteiger partial charge in [0.1, 0.15) is 6.07 Å². The fourth-order valence-corrected chi connectivity index (χ4v) is 4.62. The van der Waals surface area contributed by atoms with Gasteiger partial charge in [-0.2, -0.15) is 5.26 Å². The Labute approximate surface area is 173 Å². The van der Waals surface area contributed by atoms with Crippen LogP contribution in [0.25, 0.3) is 10.9 Å². The molecule has 2 aromatic rings. The van der Waals surface area contributed by atoms with Crippen LogP contribution in [0, 0.1) is 17.2 Å². The number of benzene rings is 1. The summed E-state index contributed by atoms with van der Waals surface area (Å²) in [5.74, 6) is 0.596. The predicted molar refractivity (Wildman–Crippen MR) is 118 cm³/mol. The maximum atomic E-state index is 9.44. The van der Waals surface area contributed by atoms with E-state index in [1.54, 1.807) is 6.20 Å². The Morgan fingerprint density at radius 2 is 2.17 bits per heavy atom. The van der Waals surface area contributed by atoms with Gasteiger partial charge in [0, 0.05) is 49.0 Å². The zero-order chi connectivity index (χ0) is 20.4. The molecule has 2 aliphatic heterocycles. The maximum absolute atomic E-state index is 9.44. The van der Waals surface area contributed by atoms with Crippen molar-refractivity contribution in [1.29, 1.82) is 5.26 Å². The van der Waals surface area contributed by atoms with Gasteiger partial charge >= 0.3 is 0 Å². The quantitative estimate of drug-likeness (QED) is 0.864. The molecule has 1 saturated heterocycles. The summed E-state index contributed by atoms with van der Waals surface area (Å²) in [5.41, 5.74) is 9.89. The lowest BCUT2D eigenvalue weighted by Gasteiger charge is -2.43. The number of rotatable bonds is 4. The summed E-state index contributed by atoms with van der Waals surface area (Å²) in [6.07, 6.45) is 10.7. The molecule has 3 atom stereocenters. The third-order valence-electron chi connectivity index (χ3n) is 5.92. The molecule has 0 unspecified atom stereocenters. The van der Waals surface area contributed by atoms with Gasteiger partial charge in [-0.1, -0.05) is 13.0 Å². The van der Waals surface area contributed by atoms with E-state index in [1.807, 2.05) is 12.1 Å². The Morgan fingerprint density at radius 3 is 2.90 bits per heavy atom. The van der Waals surface area contributed by atoms with Crippen LogP contribution in [0.4, 0.5) is 5.69 Å². The van der Waals surface area contributed by atoms with E-state index >= 15 is 0 Å². The lowest BCUT2D eigenvalue weighted by Crippen LogP contribution is -2.49. The molecule has 150 valence electrons. The highest BCUT2D eigenvalue weighted by atomic mass is 15.2. The summed E-state index contributed by atoms with van der Waals surface area (Å²) in [6.45, 7) is 7.32. The van der Waals surface area contributed by atoms with Crippen LogP contribution in [0.5, 0.6) is 0 Å². The number of hydrogen-bond acceptors (Lipinski definition) is 5. The Kier molecular flexibility index (Phi) is 5.55. The average molecular weight is 388 g/mol. The third-order valence-corrected chi connectivity index (χ3v) is 5.92. The van der Waals surface area contributed by atoms with E-state index in [9.17, 15) is 5.26 Å². The van der Waals surface area contributed by atoms with Gasteiger partial charge in [-0.3, -0.25) is 4.98 Å². The Bertz CT molecular complexity index is 984. The van der Waals surface area contributed by atoms with E-state index in [0.717, 1.165) is 37.0 Å². The van der Waals surface area contributed by atoms with Gasteiger partial charge in [-0.05, 0) is 67.8 Å². The highest BCUT2D eigenvalue weighted by molar-refractivity contribution is 5.95. The topological polar surface area (TPSA) is 69.2 Å². The molecule has 2 N–H and O–H groups in total. The molecular formula is C24H29N5. The number of hydrogen-bond donors (Lipinski definition) is 1. The Balaban J connectivity index is 1.57. The molecule has 4 rings (SSSR count). The van der Waals surface area contributed by atoms with Crippen molar-refractivity contribution < 1.29 is 0 Å². The minimum absolute atomic E-state index is 0.195. The molecule has 29 heavy (non-hydrogen) atoms. The van der Waals surface area contributed by atoms with Crippen molar-refractivity contribution in [2.75, 3.05) is 24.5 Å². The fourth-order valence-electron chi connectivity index (χ4n) is 4.62. The summed E-state index contributed by atoms with van der Waals surface area (Å²) < 4.78 is 0. The SMILES string of the molecule is C[C@H]1C[C@@H](N2C=CC(C[C@H](C)N)=CC2)CN(c2ccc(C#N)c3ncccc23)C1. The van der Waals surface area contributed by atoms with Crippen LogP contribution in [-0.4, -0.2) is 41.6 Å². The van der Waals surface area contributed by atoms with Crippen molar-refractivity contribution in [1.82, 2.24) is 9.88 Å². The molecule has 0 bridgehead atoms. The van der Waals surface area contributed by atoms with E-state index in [1.165, 1.54) is 17.7 Å². The number of nitriles is 1. The van der Waals surface area contributed by atoms with Gasteiger partial charge in [-0.15, -0.1) is 0 Å². The number of pyridine rings is 1. The second-order valence-corrected chi connectivity index (χ2v) is 8.52. The fraction of sp³-hybridized carbons (Fsp3) is 0.417. The monoisotopic (exact) mass is 387 g/mol. The van der Waals surface area contributed by atoms with Gasteiger partial charge in [-0.25, -0.2) is 0 Å². The van der Waals surface area contributed by atoms with Crippen molar-refractivity contribution in [3.05, 3.63) is 60.0 Å².